The summed E-state index contributed by atoms with van der Waals surface area (Å²) in [6, 6.07) is 15.1. The van der Waals surface area contributed by atoms with Gasteiger partial charge < -0.3 is 9.47 Å². The molecule has 9 nitrogen and oxygen atoms in total. The van der Waals surface area contributed by atoms with Crippen LogP contribution in [0.1, 0.15) is 21.6 Å². The van der Waals surface area contributed by atoms with E-state index in [1.807, 2.05) is 31.2 Å². The molecule has 0 saturated heterocycles. The highest BCUT2D eigenvalue weighted by molar-refractivity contribution is 7.89. The number of aryl methyl sites for hydroxylation is 1. The number of nitrogens with zero attached hydrogens (tertiary/aromatic N) is 4. The van der Waals surface area contributed by atoms with E-state index in [9.17, 15) is 13.2 Å². The molecule has 0 unspecified atom stereocenters. The lowest BCUT2D eigenvalue weighted by Crippen LogP contribution is -2.36. The number of thiazole rings is 1. The Bertz CT molecular complexity index is 1520. The van der Waals surface area contributed by atoms with Gasteiger partial charge in [0.05, 0.1) is 40.6 Å². The maximum Gasteiger partial charge on any atom is 0.260 e. The van der Waals surface area contributed by atoms with E-state index in [1.54, 1.807) is 17.2 Å². The molecule has 4 rings (SSSR count). The second-order valence-electron chi connectivity index (χ2n) is 8.69. The van der Waals surface area contributed by atoms with Crippen LogP contribution < -0.4 is 4.90 Å². The second kappa shape index (κ2) is 12.9. The number of sulfonamides is 1. The number of benzene rings is 2. The average molecular weight is 589 g/mol. The molecule has 0 aliphatic rings. The van der Waals surface area contributed by atoms with Crippen molar-refractivity contribution >= 4 is 54.2 Å². The number of rotatable bonds is 12. The number of ether oxygens (including phenoxy) is 2. The smallest absolute Gasteiger partial charge is 0.260 e. The van der Waals surface area contributed by atoms with Crippen LogP contribution in [0.5, 0.6) is 0 Å². The van der Waals surface area contributed by atoms with Gasteiger partial charge in [0.25, 0.3) is 5.91 Å². The van der Waals surface area contributed by atoms with E-state index in [4.69, 9.17) is 26.1 Å². The largest absolute Gasteiger partial charge is 0.383 e. The van der Waals surface area contributed by atoms with Crippen LogP contribution in [0.2, 0.25) is 5.02 Å². The molecule has 2 aromatic heterocycles. The van der Waals surface area contributed by atoms with E-state index in [1.165, 1.54) is 54.1 Å². The summed E-state index contributed by atoms with van der Waals surface area (Å²) in [5, 5.41) is 1.09. The van der Waals surface area contributed by atoms with Crippen molar-refractivity contribution in [2.75, 3.05) is 45.4 Å². The van der Waals surface area contributed by atoms with Crippen molar-refractivity contribution in [1.82, 2.24) is 14.3 Å². The molecule has 0 fully saturated rings. The third kappa shape index (κ3) is 6.81. The highest BCUT2D eigenvalue weighted by Crippen LogP contribution is 2.34. The zero-order valence-electron chi connectivity index (χ0n) is 21.8. The molecule has 4 aromatic rings. The number of hydrogen-bond acceptors (Lipinski definition) is 8. The number of fused-ring (bicyclic) bond motifs is 1. The van der Waals surface area contributed by atoms with Gasteiger partial charge in [-0.3, -0.25) is 14.7 Å². The molecule has 2 aromatic carbocycles. The van der Waals surface area contributed by atoms with Crippen molar-refractivity contribution in [3.63, 3.8) is 0 Å². The summed E-state index contributed by atoms with van der Waals surface area (Å²) >= 11 is 7.61. The van der Waals surface area contributed by atoms with Gasteiger partial charge in [0.2, 0.25) is 10.0 Å². The lowest BCUT2D eigenvalue weighted by atomic mass is 10.2. The summed E-state index contributed by atoms with van der Waals surface area (Å²) in [5.74, 6) is -0.331. The first-order chi connectivity index (χ1) is 18.7. The Kier molecular flexibility index (Phi) is 9.65. The van der Waals surface area contributed by atoms with E-state index in [0.29, 0.717) is 21.4 Å². The number of amides is 1. The minimum absolute atomic E-state index is 0.0767. The van der Waals surface area contributed by atoms with Crippen molar-refractivity contribution in [3.8, 4) is 0 Å². The molecule has 0 N–H and O–H groups in total. The Morgan fingerprint density at radius 2 is 1.72 bits per heavy atom. The van der Waals surface area contributed by atoms with E-state index in [-0.39, 0.29) is 43.7 Å². The molecule has 0 aliphatic heterocycles. The first-order valence-corrected chi connectivity index (χ1v) is 14.7. The van der Waals surface area contributed by atoms with Gasteiger partial charge >= 0.3 is 0 Å². The van der Waals surface area contributed by atoms with Crippen LogP contribution >= 0.6 is 22.9 Å². The summed E-state index contributed by atoms with van der Waals surface area (Å²) in [7, 11) is -0.793. The average Bonchev–Trinajstić information content (AvgIpc) is 3.36. The Morgan fingerprint density at radius 3 is 2.33 bits per heavy atom. The van der Waals surface area contributed by atoms with Crippen LogP contribution in [-0.2, 0) is 26.0 Å². The van der Waals surface area contributed by atoms with Crippen LogP contribution in [0, 0.1) is 6.92 Å². The minimum Gasteiger partial charge on any atom is -0.383 e. The third-order valence-electron chi connectivity index (χ3n) is 5.99. The van der Waals surface area contributed by atoms with Gasteiger partial charge in [-0.15, -0.1) is 0 Å². The van der Waals surface area contributed by atoms with Crippen molar-refractivity contribution in [3.05, 3.63) is 82.6 Å². The second-order valence-corrected chi connectivity index (χ2v) is 12.1. The van der Waals surface area contributed by atoms with Gasteiger partial charge in [-0.05, 0) is 61.0 Å². The SMILES string of the molecule is COCCN(CCOC)S(=O)(=O)c1ccc(C(=O)N(Cc2ccccn2)c2nc3c(C)cc(Cl)cc3s2)cc1. The Balaban J connectivity index is 1.67. The molecule has 12 heteroatoms. The number of carbonyl (C=O) groups excluding carboxylic acids is 1. The first kappa shape index (κ1) is 29.1. The lowest BCUT2D eigenvalue weighted by molar-refractivity contribution is 0.0984. The topological polar surface area (TPSA) is 102 Å². The number of pyridine rings is 1. The quantitative estimate of drug-likeness (QED) is 0.235. The fraction of sp³-hybridized carbons (Fsp3) is 0.296. The lowest BCUT2D eigenvalue weighted by Gasteiger charge is -2.22. The zero-order chi connectivity index (χ0) is 28.0. The molecule has 206 valence electrons. The standard InChI is InChI=1S/C27H29ClN4O5S2/c1-19-16-21(28)17-24-25(19)30-27(38-24)32(18-22-6-4-5-11-29-22)26(33)20-7-9-23(10-8-20)39(34,35)31(12-14-36-2)13-15-37-3/h4-11,16-17H,12-15,18H2,1-3H3. The summed E-state index contributed by atoms with van der Waals surface area (Å²) in [4.78, 5) is 24.5. The third-order valence-corrected chi connectivity index (χ3v) is 9.15. The van der Waals surface area contributed by atoms with Gasteiger partial charge in [0.1, 0.15) is 0 Å². The minimum atomic E-state index is -3.82. The maximum atomic E-state index is 13.8. The first-order valence-electron chi connectivity index (χ1n) is 12.1. The van der Waals surface area contributed by atoms with Crippen LogP contribution in [0.4, 0.5) is 5.13 Å². The molecule has 0 aliphatic carbocycles. The summed E-state index contributed by atoms with van der Waals surface area (Å²) in [5.41, 5.74) is 2.68. The molecule has 39 heavy (non-hydrogen) atoms. The molecule has 0 radical (unpaired) electrons. The van der Waals surface area contributed by atoms with E-state index >= 15 is 0 Å². The van der Waals surface area contributed by atoms with Crippen molar-refractivity contribution < 1.29 is 22.7 Å². The highest BCUT2D eigenvalue weighted by Gasteiger charge is 2.26. The zero-order valence-corrected chi connectivity index (χ0v) is 24.2. The molecule has 0 atom stereocenters. The van der Waals surface area contributed by atoms with Crippen molar-refractivity contribution in [1.29, 1.82) is 0 Å². The van der Waals surface area contributed by atoms with Gasteiger partial charge in [-0.1, -0.05) is 29.0 Å². The molecule has 2 heterocycles. The molecule has 1 amide bonds. The van der Waals surface area contributed by atoms with E-state index < -0.39 is 10.0 Å². The van der Waals surface area contributed by atoms with Crippen LogP contribution in [0.25, 0.3) is 10.2 Å². The summed E-state index contributed by atoms with van der Waals surface area (Å²) < 4.78 is 38.9. The number of halogens is 1. The number of methoxy groups -OCH3 is 2. The van der Waals surface area contributed by atoms with Gasteiger partial charge in [0.15, 0.2) is 5.13 Å². The number of hydrogen-bond donors (Lipinski definition) is 0. The molecule has 0 saturated carbocycles. The molecule has 0 spiro atoms. The van der Waals surface area contributed by atoms with E-state index in [0.717, 1.165) is 15.8 Å². The van der Waals surface area contributed by atoms with Gasteiger partial charge in [-0.2, -0.15) is 4.31 Å². The number of carbonyl (C=O) groups is 1. The Hall–Kier alpha value is -2.93. The van der Waals surface area contributed by atoms with Crippen molar-refractivity contribution in [2.45, 2.75) is 18.4 Å². The molecular weight excluding hydrogens is 560 g/mol. The van der Waals surface area contributed by atoms with Crippen molar-refractivity contribution in [2.24, 2.45) is 0 Å². The maximum absolute atomic E-state index is 13.8. The van der Waals surface area contributed by atoms with Gasteiger partial charge in [-0.25, -0.2) is 13.4 Å². The molecule has 0 bridgehead atoms. The monoisotopic (exact) mass is 588 g/mol. The Morgan fingerprint density at radius 1 is 1.03 bits per heavy atom. The summed E-state index contributed by atoms with van der Waals surface area (Å²) in [6.07, 6.45) is 1.67. The van der Waals surface area contributed by atoms with Crippen LogP contribution in [0.3, 0.4) is 0 Å². The summed E-state index contributed by atoms with van der Waals surface area (Å²) in [6.45, 7) is 2.96. The highest BCUT2D eigenvalue weighted by atomic mass is 35.5. The number of anilines is 1. The normalized spacial score (nSPS) is 11.8. The Labute approximate surface area is 237 Å². The number of aromatic nitrogens is 2. The predicted octanol–water partition coefficient (Wildman–Crippen LogP) is 4.78. The predicted molar refractivity (Wildman–Crippen MR) is 153 cm³/mol. The fourth-order valence-corrected chi connectivity index (χ4v) is 6.78. The molecular formula is C27H29ClN4O5S2. The van der Waals surface area contributed by atoms with Gasteiger partial charge in [0, 0.05) is 44.1 Å². The van der Waals surface area contributed by atoms with Crippen LogP contribution in [0.15, 0.2) is 65.7 Å². The van der Waals surface area contributed by atoms with Crippen LogP contribution in [-0.4, -0.2) is 69.1 Å². The fourth-order valence-electron chi connectivity index (χ4n) is 3.95. The van der Waals surface area contributed by atoms with E-state index in [2.05, 4.69) is 4.98 Å².